The smallest absolute Gasteiger partial charge is 0.337 e. The standard InChI is InChI=1S/C15H17N3O6S/c1-23-15(20)9-2-3-11-10(8-9)13(12(17-11)14(16)19)25(21,22)18-4-6-24-7-5-18/h2-3,8,17H,4-7H2,1H3,(H2,16,19). The first-order valence-corrected chi connectivity index (χ1v) is 8.92. The number of esters is 1. The van der Waals surface area contributed by atoms with Crippen molar-refractivity contribution in [2.75, 3.05) is 33.4 Å². The van der Waals surface area contributed by atoms with Crippen molar-refractivity contribution < 1.29 is 27.5 Å². The highest BCUT2D eigenvalue weighted by Gasteiger charge is 2.33. The molecule has 2 heterocycles. The Morgan fingerprint density at radius 2 is 1.96 bits per heavy atom. The van der Waals surface area contributed by atoms with Crippen LogP contribution in [0.3, 0.4) is 0 Å². The van der Waals surface area contributed by atoms with E-state index in [-0.39, 0.29) is 47.8 Å². The van der Waals surface area contributed by atoms with E-state index < -0.39 is 21.9 Å². The number of sulfonamides is 1. The average molecular weight is 367 g/mol. The number of rotatable bonds is 4. The first-order valence-electron chi connectivity index (χ1n) is 7.48. The number of hydrogen-bond donors (Lipinski definition) is 2. The third kappa shape index (κ3) is 2.99. The number of fused-ring (bicyclic) bond motifs is 1. The van der Waals surface area contributed by atoms with Crippen LogP contribution in [0.25, 0.3) is 10.9 Å². The molecule has 3 rings (SSSR count). The Balaban J connectivity index is 2.24. The first kappa shape index (κ1) is 17.4. The highest BCUT2D eigenvalue weighted by Crippen LogP contribution is 2.31. The minimum atomic E-state index is -4.00. The van der Waals surface area contributed by atoms with Crippen LogP contribution in [0.15, 0.2) is 23.1 Å². The second-order valence-electron chi connectivity index (χ2n) is 5.46. The van der Waals surface area contributed by atoms with Gasteiger partial charge in [0.25, 0.3) is 5.91 Å². The van der Waals surface area contributed by atoms with Crippen molar-refractivity contribution in [2.24, 2.45) is 5.73 Å². The zero-order valence-electron chi connectivity index (χ0n) is 13.4. The van der Waals surface area contributed by atoms with E-state index in [1.54, 1.807) is 0 Å². The molecular formula is C15H17N3O6S. The fraction of sp³-hybridized carbons (Fsp3) is 0.333. The minimum absolute atomic E-state index is 0.170. The Hall–Kier alpha value is -2.43. The van der Waals surface area contributed by atoms with Crippen LogP contribution in [0.5, 0.6) is 0 Å². The molecule has 3 N–H and O–H groups in total. The number of benzene rings is 1. The lowest BCUT2D eigenvalue weighted by Gasteiger charge is -2.26. The summed E-state index contributed by atoms with van der Waals surface area (Å²) in [4.78, 5) is 26.0. The molecule has 0 radical (unpaired) electrons. The van der Waals surface area contributed by atoms with Gasteiger partial charge in [0.05, 0.1) is 25.9 Å². The predicted molar refractivity (Wildman–Crippen MR) is 87.7 cm³/mol. The Morgan fingerprint density at radius 3 is 2.56 bits per heavy atom. The molecule has 1 aliphatic heterocycles. The van der Waals surface area contributed by atoms with Gasteiger partial charge in [0.1, 0.15) is 10.6 Å². The largest absolute Gasteiger partial charge is 0.465 e. The van der Waals surface area contributed by atoms with Crippen LogP contribution in [0.2, 0.25) is 0 Å². The molecule has 0 unspecified atom stereocenters. The number of H-pyrrole nitrogens is 1. The zero-order chi connectivity index (χ0) is 18.2. The van der Waals surface area contributed by atoms with E-state index in [0.717, 1.165) is 0 Å². The van der Waals surface area contributed by atoms with Gasteiger partial charge in [-0.1, -0.05) is 0 Å². The Kier molecular flexibility index (Phi) is 4.50. The van der Waals surface area contributed by atoms with Crippen LogP contribution < -0.4 is 5.73 Å². The number of aromatic nitrogens is 1. The highest BCUT2D eigenvalue weighted by molar-refractivity contribution is 7.89. The van der Waals surface area contributed by atoms with Crippen molar-refractivity contribution in [3.8, 4) is 0 Å². The molecular weight excluding hydrogens is 350 g/mol. The summed E-state index contributed by atoms with van der Waals surface area (Å²) >= 11 is 0. The van der Waals surface area contributed by atoms with E-state index in [0.29, 0.717) is 5.52 Å². The lowest BCUT2D eigenvalue weighted by molar-refractivity contribution is 0.0600. The topological polar surface area (TPSA) is 132 Å². The summed E-state index contributed by atoms with van der Waals surface area (Å²) in [5, 5.41) is 0.211. The SMILES string of the molecule is COC(=O)c1ccc2[nH]c(C(N)=O)c(S(=O)(=O)N3CCOCC3)c2c1. The molecule has 134 valence electrons. The van der Waals surface area contributed by atoms with E-state index >= 15 is 0 Å². The van der Waals surface area contributed by atoms with Gasteiger partial charge in [0.15, 0.2) is 0 Å². The Bertz CT molecular complexity index is 944. The molecule has 1 saturated heterocycles. The molecule has 1 amide bonds. The van der Waals surface area contributed by atoms with Crippen LogP contribution in [-0.4, -0.2) is 63.0 Å². The number of carbonyl (C=O) groups is 2. The van der Waals surface area contributed by atoms with Crippen LogP contribution >= 0.6 is 0 Å². The molecule has 10 heteroatoms. The fourth-order valence-corrected chi connectivity index (χ4v) is 4.51. The monoisotopic (exact) mass is 367 g/mol. The van der Waals surface area contributed by atoms with E-state index in [4.69, 9.17) is 10.5 Å². The van der Waals surface area contributed by atoms with Gasteiger partial charge in [-0.05, 0) is 18.2 Å². The number of aromatic amines is 1. The van der Waals surface area contributed by atoms with Crippen LogP contribution in [-0.2, 0) is 19.5 Å². The normalized spacial score (nSPS) is 16.0. The molecule has 0 bridgehead atoms. The summed E-state index contributed by atoms with van der Waals surface area (Å²) in [6.07, 6.45) is 0. The van der Waals surface area contributed by atoms with Crippen molar-refractivity contribution in [3.05, 3.63) is 29.5 Å². The number of nitrogens with two attached hydrogens (primary N) is 1. The first-order chi connectivity index (χ1) is 11.9. The maximum absolute atomic E-state index is 13.1. The van der Waals surface area contributed by atoms with Crippen molar-refractivity contribution in [3.63, 3.8) is 0 Å². The lowest BCUT2D eigenvalue weighted by atomic mass is 10.1. The number of nitrogens with zero attached hydrogens (tertiary/aromatic N) is 1. The van der Waals surface area contributed by atoms with E-state index in [1.807, 2.05) is 0 Å². The maximum atomic E-state index is 13.1. The van der Waals surface area contributed by atoms with Crippen LogP contribution in [0.4, 0.5) is 0 Å². The van der Waals surface area contributed by atoms with Crippen molar-refractivity contribution >= 4 is 32.8 Å². The van der Waals surface area contributed by atoms with E-state index in [1.165, 1.54) is 29.6 Å². The second-order valence-corrected chi connectivity index (χ2v) is 7.34. The second kappa shape index (κ2) is 6.47. The zero-order valence-corrected chi connectivity index (χ0v) is 14.3. The molecule has 0 spiro atoms. The molecule has 1 aliphatic rings. The summed E-state index contributed by atoms with van der Waals surface area (Å²) in [6, 6.07) is 4.35. The van der Waals surface area contributed by atoms with E-state index in [9.17, 15) is 18.0 Å². The molecule has 1 fully saturated rings. The molecule has 25 heavy (non-hydrogen) atoms. The third-order valence-electron chi connectivity index (χ3n) is 3.99. The highest BCUT2D eigenvalue weighted by atomic mass is 32.2. The predicted octanol–water partition coefficient (Wildman–Crippen LogP) is 0.0743. The number of primary amides is 1. The maximum Gasteiger partial charge on any atom is 0.337 e. The molecule has 0 saturated carbocycles. The quantitative estimate of drug-likeness (QED) is 0.735. The summed E-state index contributed by atoms with van der Waals surface area (Å²) in [7, 11) is -2.77. The third-order valence-corrected chi connectivity index (χ3v) is 5.97. The van der Waals surface area contributed by atoms with Gasteiger partial charge >= 0.3 is 5.97 Å². The number of amides is 1. The summed E-state index contributed by atoms with van der Waals surface area (Å²) in [5.41, 5.74) is 5.69. The van der Waals surface area contributed by atoms with E-state index in [2.05, 4.69) is 9.72 Å². The van der Waals surface area contributed by atoms with Gasteiger partial charge in [-0.3, -0.25) is 4.79 Å². The molecule has 1 aromatic heterocycles. The van der Waals surface area contributed by atoms with Gasteiger partial charge < -0.3 is 20.2 Å². The van der Waals surface area contributed by atoms with Crippen LogP contribution in [0, 0.1) is 0 Å². The Morgan fingerprint density at radius 1 is 1.28 bits per heavy atom. The van der Waals surface area contributed by atoms with Crippen molar-refractivity contribution in [2.45, 2.75) is 4.90 Å². The van der Waals surface area contributed by atoms with Gasteiger partial charge in [0.2, 0.25) is 10.0 Å². The number of ether oxygens (including phenoxy) is 2. The van der Waals surface area contributed by atoms with Gasteiger partial charge in [-0.25, -0.2) is 13.2 Å². The Labute approximate surface area is 143 Å². The van der Waals surface area contributed by atoms with Crippen molar-refractivity contribution in [1.82, 2.24) is 9.29 Å². The molecule has 0 aliphatic carbocycles. The van der Waals surface area contributed by atoms with Crippen LogP contribution in [0.1, 0.15) is 20.8 Å². The molecule has 9 nitrogen and oxygen atoms in total. The molecule has 1 aromatic carbocycles. The average Bonchev–Trinajstić information content (AvgIpc) is 3.01. The molecule has 0 atom stereocenters. The minimum Gasteiger partial charge on any atom is -0.465 e. The summed E-state index contributed by atoms with van der Waals surface area (Å²) < 4.78 is 37.2. The van der Waals surface area contributed by atoms with Gasteiger partial charge in [0, 0.05) is 24.0 Å². The fourth-order valence-electron chi connectivity index (χ4n) is 2.77. The number of carbonyl (C=O) groups excluding carboxylic acids is 2. The van der Waals surface area contributed by atoms with Gasteiger partial charge in [-0.15, -0.1) is 0 Å². The summed E-state index contributed by atoms with van der Waals surface area (Å²) in [5.74, 6) is -1.51. The van der Waals surface area contributed by atoms with Gasteiger partial charge in [-0.2, -0.15) is 4.31 Å². The number of nitrogens with one attached hydrogen (secondary N) is 1. The number of morpholine rings is 1. The number of methoxy groups -OCH3 is 1. The van der Waals surface area contributed by atoms with Crippen molar-refractivity contribution in [1.29, 1.82) is 0 Å². The lowest BCUT2D eigenvalue weighted by Crippen LogP contribution is -2.41. The number of hydrogen-bond acceptors (Lipinski definition) is 6. The summed E-state index contributed by atoms with van der Waals surface area (Å²) in [6.45, 7) is 0.871. The molecule has 2 aromatic rings.